The van der Waals surface area contributed by atoms with E-state index in [4.69, 9.17) is 0 Å². The van der Waals surface area contributed by atoms with Crippen LogP contribution >= 0.6 is 0 Å². The van der Waals surface area contributed by atoms with Crippen LogP contribution < -0.4 is 4.90 Å². The minimum Gasteiger partial charge on any atom is -0.341 e. The van der Waals surface area contributed by atoms with Crippen molar-refractivity contribution in [3.05, 3.63) is 18.0 Å². The largest absolute Gasteiger partial charge is 0.341 e. The molecule has 4 heteroatoms. The van der Waals surface area contributed by atoms with Crippen LogP contribution in [0.4, 0.5) is 5.95 Å². The van der Waals surface area contributed by atoms with Gasteiger partial charge in [-0.2, -0.15) is 0 Å². The van der Waals surface area contributed by atoms with Gasteiger partial charge in [-0.25, -0.2) is 9.97 Å². The molecule has 1 aromatic heterocycles. The molecule has 1 saturated carbocycles. The van der Waals surface area contributed by atoms with Crippen molar-refractivity contribution in [2.75, 3.05) is 18.0 Å². The normalized spacial score (nSPS) is 27.3. The van der Waals surface area contributed by atoms with Crippen LogP contribution in [0, 0.1) is 17.8 Å². The number of carbonyl (C=O) groups is 1. The van der Waals surface area contributed by atoms with E-state index in [1.165, 1.54) is 18.4 Å². The van der Waals surface area contributed by atoms with E-state index in [0.717, 1.165) is 44.1 Å². The van der Waals surface area contributed by atoms with Crippen LogP contribution in [0.1, 0.15) is 31.7 Å². The molecular formula is C15H21N3O. The first-order chi connectivity index (χ1) is 9.31. The van der Waals surface area contributed by atoms with Crippen molar-refractivity contribution in [1.82, 2.24) is 9.97 Å². The van der Waals surface area contributed by atoms with Crippen molar-refractivity contribution in [1.29, 1.82) is 0 Å². The zero-order valence-electron chi connectivity index (χ0n) is 11.5. The van der Waals surface area contributed by atoms with Crippen molar-refractivity contribution in [3.63, 3.8) is 0 Å². The number of carbonyl (C=O) groups excluding carboxylic acids is 1. The summed E-state index contributed by atoms with van der Waals surface area (Å²) in [6.07, 6.45) is 9.45. The highest BCUT2D eigenvalue weighted by atomic mass is 16.1. The lowest BCUT2D eigenvalue weighted by molar-refractivity contribution is -0.109. The molecule has 1 aromatic rings. The lowest BCUT2D eigenvalue weighted by Gasteiger charge is -2.32. The monoisotopic (exact) mass is 259 g/mol. The summed E-state index contributed by atoms with van der Waals surface area (Å²) >= 11 is 0. The van der Waals surface area contributed by atoms with Gasteiger partial charge in [0.05, 0.1) is 0 Å². The molecule has 2 unspecified atom stereocenters. The number of hydrogen-bond donors (Lipinski definition) is 0. The molecule has 4 nitrogen and oxygen atoms in total. The molecule has 1 aliphatic carbocycles. The second-order valence-corrected chi connectivity index (χ2v) is 5.77. The smallest absolute Gasteiger partial charge is 0.225 e. The molecule has 3 rings (SSSR count). The number of aryl methyl sites for hydroxylation is 1. The summed E-state index contributed by atoms with van der Waals surface area (Å²) in [7, 11) is 0. The SMILES string of the molecule is CCc1cnc(N2CCC(C3CC3C=O)CC2)nc1. The van der Waals surface area contributed by atoms with Crippen LogP contribution in [0.15, 0.2) is 12.4 Å². The van der Waals surface area contributed by atoms with Gasteiger partial charge in [0.15, 0.2) is 0 Å². The van der Waals surface area contributed by atoms with Gasteiger partial charge >= 0.3 is 0 Å². The third-order valence-corrected chi connectivity index (χ3v) is 4.59. The van der Waals surface area contributed by atoms with Gasteiger partial charge in [0.25, 0.3) is 0 Å². The van der Waals surface area contributed by atoms with E-state index in [1.54, 1.807) is 0 Å². The van der Waals surface area contributed by atoms with Gasteiger partial charge < -0.3 is 9.69 Å². The molecule has 0 amide bonds. The number of aldehydes is 1. The fourth-order valence-electron chi connectivity index (χ4n) is 3.16. The van der Waals surface area contributed by atoms with Crippen LogP contribution in [0.25, 0.3) is 0 Å². The Balaban J connectivity index is 1.56. The van der Waals surface area contributed by atoms with Gasteiger partial charge in [0.2, 0.25) is 5.95 Å². The molecule has 0 N–H and O–H groups in total. The van der Waals surface area contributed by atoms with Crippen LogP contribution in [0.3, 0.4) is 0 Å². The van der Waals surface area contributed by atoms with E-state index < -0.39 is 0 Å². The molecule has 1 aliphatic heterocycles. The Kier molecular flexibility index (Phi) is 3.49. The first-order valence-corrected chi connectivity index (χ1v) is 7.33. The van der Waals surface area contributed by atoms with Gasteiger partial charge in [0.1, 0.15) is 6.29 Å². The summed E-state index contributed by atoms with van der Waals surface area (Å²) < 4.78 is 0. The molecule has 2 fully saturated rings. The zero-order valence-corrected chi connectivity index (χ0v) is 11.5. The maximum Gasteiger partial charge on any atom is 0.225 e. The predicted molar refractivity (Wildman–Crippen MR) is 74.0 cm³/mol. The second-order valence-electron chi connectivity index (χ2n) is 5.77. The summed E-state index contributed by atoms with van der Waals surface area (Å²) in [5.74, 6) is 2.62. The average molecular weight is 259 g/mol. The maximum atomic E-state index is 10.7. The molecule has 19 heavy (non-hydrogen) atoms. The molecular weight excluding hydrogens is 238 g/mol. The van der Waals surface area contributed by atoms with Gasteiger partial charge in [-0.1, -0.05) is 6.92 Å². The molecule has 1 saturated heterocycles. The molecule has 0 bridgehead atoms. The summed E-state index contributed by atoms with van der Waals surface area (Å²) in [4.78, 5) is 21.9. The highest BCUT2D eigenvalue weighted by Gasteiger charge is 2.43. The van der Waals surface area contributed by atoms with E-state index in [-0.39, 0.29) is 0 Å². The summed E-state index contributed by atoms with van der Waals surface area (Å²) in [5, 5.41) is 0. The predicted octanol–water partition coefficient (Wildman–Crippen LogP) is 2.09. The highest BCUT2D eigenvalue weighted by Crippen LogP contribution is 2.46. The first-order valence-electron chi connectivity index (χ1n) is 7.33. The lowest BCUT2D eigenvalue weighted by Crippen LogP contribution is -2.35. The molecule has 102 valence electrons. The van der Waals surface area contributed by atoms with Gasteiger partial charge in [-0.3, -0.25) is 0 Å². The van der Waals surface area contributed by atoms with Gasteiger partial charge in [-0.05, 0) is 43.1 Å². The van der Waals surface area contributed by atoms with Crippen molar-refractivity contribution in [3.8, 4) is 0 Å². The Morgan fingerprint density at radius 2 is 2.00 bits per heavy atom. The third kappa shape index (κ3) is 2.62. The lowest BCUT2D eigenvalue weighted by atomic mass is 9.91. The van der Waals surface area contributed by atoms with Crippen molar-refractivity contribution in [2.45, 2.75) is 32.6 Å². The quantitative estimate of drug-likeness (QED) is 0.777. The van der Waals surface area contributed by atoms with E-state index in [2.05, 4.69) is 21.8 Å². The fourth-order valence-corrected chi connectivity index (χ4v) is 3.16. The maximum absolute atomic E-state index is 10.7. The Bertz CT molecular complexity index is 437. The van der Waals surface area contributed by atoms with Crippen LogP contribution in [0.5, 0.6) is 0 Å². The van der Waals surface area contributed by atoms with Crippen LogP contribution in [0.2, 0.25) is 0 Å². The number of hydrogen-bond acceptors (Lipinski definition) is 4. The van der Waals surface area contributed by atoms with Crippen molar-refractivity contribution in [2.24, 2.45) is 17.8 Å². The first kappa shape index (κ1) is 12.6. The van der Waals surface area contributed by atoms with Gasteiger partial charge in [0, 0.05) is 31.4 Å². The van der Waals surface area contributed by atoms with Crippen LogP contribution in [-0.2, 0) is 11.2 Å². The molecule has 0 aromatic carbocycles. The van der Waals surface area contributed by atoms with E-state index in [1.807, 2.05) is 12.4 Å². The average Bonchev–Trinajstić information content (AvgIpc) is 3.27. The highest BCUT2D eigenvalue weighted by molar-refractivity contribution is 5.58. The van der Waals surface area contributed by atoms with E-state index in [9.17, 15) is 4.79 Å². The fraction of sp³-hybridized carbons (Fsp3) is 0.667. The summed E-state index contributed by atoms with van der Waals surface area (Å²) in [6, 6.07) is 0. The number of rotatable bonds is 4. The molecule has 2 atom stereocenters. The Morgan fingerprint density at radius 1 is 1.32 bits per heavy atom. The minimum atomic E-state index is 0.358. The molecule has 0 spiro atoms. The van der Waals surface area contributed by atoms with Gasteiger partial charge in [-0.15, -0.1) is 0 Å². The Labute approximate surface area is 114 Å². The number of anilines is 1. The molecule has 0 radical (unpaired) electrons. The summed E-state index contributed by atoms with van der Waals surface area (Å²) in [5.41, 5.74) is 1.19. The molecule has 2 heterocycles. The third-order valence-electron chi connectivity index (χ3n) is 4.59. The number of nitrogens with zero attached hydrogens (tertiary/aromatic N) is 3. The van der Waals surface area contributed by atoms with Crippen molar-refractivity contribution < 1.29 is 4.79 Å². The minimum absolute atomic E-state index is 0.358. The standard InChI is InChI=1S/C15H21N3O/c1-2-11-8-16-15(17-9-11)18-5-3-12(4-6-18)14-7-13(14)10-19/h8-10,12-14H,2-7H2,1H3. The zero-order chi connectivity index (χ0) is 13.2. The second kappa shape index (κ2) is 5.27. The van der Waals surface area contributed by atoms with E-state index in [0.29, 0.717) is 11.8 Å². The molecule has 2 aliphatic rings. The number of aromatic nitrogens is 2. The Morgan fingerprint density at radius 3 is 2.53 bits per heavy atom. The summed E-state index contributed by atoms with van der Waals surface area (Å²) in [6.45, 7) is 4.17. The number of piperidine rings is 1. The van der Waals surface area contributed by atoms with Crippen LogP contribution in [-0.4, -0.2) is 29.3 Å². The topological polar surface area (TPSA) is 46.1 Å². The van der Waals surface area contributed by atoms with Crippen molar-refractivity contribution >= 4 is 12.2 Å². The Hall–Kier alpha value is -1.45. The van der Waals surface area contributed by atoms with E-state index >= 15 is 0 Å².